The molecule has 2 rings (SSSR count). The second-order valence-electron chi connectivity index (χ2n) is 5.33. The summed E-state index contributed by atoms with van der Waals surface area (Å²) in [6, 6.07) is 1.97. The molecule has 0 radical (unpaired) electrons. The Morgan fingerprint density at radius 2 is 2.35 bits per heavy atom. The number of carbonyl (C=O) groups is 1. The van der Waals surface area contributed by atoms with Crippen molar-refractivity contribution in [1.29, 1.82) is 0 Å². The molecule has 112 valence electrons. The van der Waals surface area contributed by atoms with Crippen LogP contribution >= 0.6 is 0 Å². The zero-order valence-electron chi connectivity index (χ0n) is 12.3. The minimum atomic E-state index is -0.308. The van der Waals surface area contributed by atoms with E-state index in [1.807, 2.05) is 0 Å². The van der Waals surface area contributed by atoms with Gasteiger partial charge in [0.15, 0.2) is 0 Å². The van der Waals surface area contributed by atoms with Gasteiger partial charge in [-0.15, -0.1) is 0 Å². The van der Waals surface area contributed by atoms with E-state index >= 15 is 0 Å². The van der Waals surface area contributed by atoms with Gasteiger partial charge in [0.1, 0.15) is 11.3 Å². The summed E-state index contributed by atoms with van der Waals surface area (Å²) in [5, 5.41) is 0. The highest BCUT2D eigenvalue weighted by molar-refractivity contribution is 5.90. The van der Waals surface area contributed by atoms with Crippen molar-refractivity contribution in [3.05, 3.63) is 23.7 Å². The molecule has 0 saturated carbocycles. The van der Waals surface area contributed by atoms with Gasteiger partial charge in [-0.3, -0.25) is 4.90 Å². The number of ether oxygens (including phenoxy) is 1. The predicted octanol–water partition coefficient (Wildman–Crippen LogP) is 2.02. The smallest absolute Gasteiger partial charge is 0.341 e. The molecule has 0 aromatic carbocycles. The molecule has 0 aliphatic carbocycles. The predicted molar refractivity (Wildman–Crippen MR) is 76.3 cm³/mol. The third-order valence-electron chi connectivity index (χ3n) is 4.01. The molecule has 1 aromatic rings. The van der Waals surface area contributed by atoms with Crippen LogP contribution in [0.3, 0.4) is 0 Å². The molecule has 1 fully saturated rings. The monoisotopic (exact) mass is 280 g/mol. The van der Waals surface area contributed by atoms with Crippen LogP contribution in [-0.4, -0.2) is 36.6 Å². The molecule has 5 nitrogen and oxygen atoms in total. The normalized spacial score (nSPS) is 23.8. The fourth-order valence-electron chi connectivity index (χ4n) is 2.76. The van der Waals surface area contributed by atoms with Gasteiger partial charge < -0.3 is 14.9 Å². The van der Waals surface area contributed by atoms with Crippen LogP contribution < -0.4 is 5.73 Å². The maximum Gasteiger partial charge on any atom is 0.341 e. The maximum atomic E-state index is 11.8. The average Bonchev–Trinajstić information content (AvgIpc) is 2.89. The molecule has 0 bridgehead atoms. The van der Waals surface area contributed by atoms with E-state index in [1.165, 1.54) is 0 Å². The van der Waals surface area contributed by atoms with Crippen molar-refractivity contribution in [2.24, 2.45) is 11.7 Å². The van der Waals surface area contributed by atoms with Gasteiger partial charge in [0.05, 0.1) is 19.4 Å². The van der Waals surface area contributed by atoms with Gasteiger partial charge in [-0.2, -0.15) is 0 Å². The van der Waals surface area contributed by atoms with E-state index in [9.17, 15) is 4.79 Å². The first-order chi connectivity index (χ1) is 9.65. The van der Waals surface area contributed by atoms with Gasteiger partial charge in [0.2, 0.25) is 0 Å². The molecule has 2 atom stereocenters. The number of hydrogen-bond donors (Lipinski definition) is 1. The van der Waals surface area contributed by atoms with Gasteiger partial charge in [0.25, 0.3) is 0 Å². The lowest BCUT2D eigenvalue weighted by atomic mass is 9.90. The summed E-state index contributed by atoms with van der Waals surface area (Å²) in [5.74, 6) is 0.899. The molecule has 2 unspecified atom stereocenters. The molecule has 2 heterocycles. The molecule has 1 aliphatic rings. The van der Waals surface area contributed by atoms with Crippen LogP contribution in [0.2, 0.25) is 0 Å². The second kappa shape index (κ2) is 6.90. The Kier molecular flexibility index (Phi) is 5.20. The molecule has 0 amide bonds. The van der Waals surface area contributed by atoms with Crippen LogP contribution in [0.4, 0.5) is 0 Å². The van der Waals surface area contributed by atoms with Crippen LogP contribution in [0, 0.1) is 5.92 Å². The Labute approximate surface area is 120 Å². The lowest BCUT2D eigenvalue weighted by Crippen LogP contribution is -2.46. The van der Waals surface area contributed by atoms with E-state index in [0.717, 1.165) is 25.9 Å². The molecular formula is C15H24N2O3. The minimum absolute atomic E-state index is 0.289. The fourth-order valence-corrected chi connectivity index (χ4v) is 2.76. The van der Waals surface area contributed by atoms with Crippen molar-refractivity contribution < 1.29 is 13.9 Å². The molecule has 5 heteroatoms. The number of piperidine rings is 1. The van der Waals surface area contributed by atoms with E-state index in [0.29, 0.717) is 30.4 Å². The summed E-state index contributed by atoms with van der Waals surface area (Å²) in [5.41, 5.74) is 6.66. The summed E-state index contributed by atoms with van der Waals surface area (Å²) in [6.07, 6.45) is 3.63. The molecule has 0 spiro atoms. The van der Waals surface area contributed by atoms with Gasteiger partial charge >= 0.3 is 5.97 Å². The van der Waals surface area contributed by atoms with Crippen molar-refractivity contribution >= 4 is 5.97 Å². The van der Waals surface area contributed by atoms with E-state index in [4.69, 9.17) is 14.9 Å². The van der Waals surface area contributed by atoms with Crippen LogP contribution in [0.25, 0.3) is 0 Å². The number of hydrogen-bond acceptors (Lipinski definition) is 5. The fraction of sp³-hybridized carbons (Fsp3) is 0.667. The second-order valence-corrected chi connectivity index (χ2v) is 5.33. The standard InChI is InChI=1S/C15H24N2O3/c1-3-11-9-17(7-5-13(11)16)10-14-12(6-8-20-14)15(18)19-4-2/h6,8,11,13H,3-5,7,9-10,16H2,1-2H3. The zero-order chi connectivity index (χ0) is 14.5. The SMILES string of the molecule is CCOC(=O)c1ccoc1CN1CCC(N)C(CC)C1. The highest BCUT2D eigenvalue weighted by atomic mass is 16.5. The van der Waals surface area contributed by atoms with E-state index in [1.54, 1.807) is 19.3 Å². The van der Waals surface area contributed by atoms with E-state index in [-0.39, 0.29) is 12.0 Å². The number of furan rings is 1. The summed E-state index contributed by atoms with van der Waals surface area (Å²) >= 11 is 0. The topological polar surface area (TPSA) is 68.7 Å². The average molecular weight is 280 g/mol. The number of carbonyl (C=O) groups excluding carboxylic acids is 1. The summed E-state index contributed by atoms with van der Waals surface area (Å²) in [7, 11) is 0. The Bertz CT molecular complexity index is 444. The molecular weight excluding hydrogens is 256 g/mol. The van der Waals surface area contributed by atoms with Gasteiger partial charge in [0, 0.05) is 19.1 Å². The van der Waals surface area contributed by atoms with E-state index < -0.39 is 0 Å². The number of nitrogens with two attached hydrogens (primary N) is 1. The lowest BCUT2D eigenvalue weighted by Gasteiger charge is -2.36. The number of likely N-dealkylation sites (tertiary alicyclic amines) is 1. The highest BCUT2D eigenvalue weighted by Gasteiger charge is 2.27. The molecule has 1 aromatic heterocycles. The number of rotatable bonds is 5. The minimum Gasteiger partial charge on any atom is -0.467 e. The van der Waals surface area contributed by atoms with Crippen molar-refractivity contribution in [2.75, 3.05) is 19.7 Å². The first kappa shape index (κ1) is 15.1. The lowest BCUT2D eigenvalue weighted by molar-refractivity contribution is 0.0520. The third-order valence-corrected chi connectivity index (χ3v) is 4.01. The summed E-state index contributed by atoms with van der Waals surface area (Å²) in [4.78, 5) is 14.1. The quantitative estimate of drug-likeness (QED) is 0.836. The highest BCUT2D eigenvalue weighted by Crippen LogP contribution is 2.22. The Morgan fingerprint density at radius 1 is 1.55 bits per heavy atom. The molecule has 20 heavy (non-hydrogen) atoms. The molecule has 1 saturated heterocycles. The van der Waals surface area contributed by atoms with Crippen LogP contribution in [0.5, 0.6) is 0 Å². The third kappa shape index (κ3) is 3.41. The zero-order valence-corrected chi connectivity index (χ0v) is 12.3. The summed E-state index contributed by atoms with van der Waals surface area (Å²) in [6.45, 7) is 6.89. The van der Waals surface area contributed by atoms with Crippen molar-refractivity contribution in [1.82, 2.24) is 4.90 Å². The number of nitrogens with zero attached hydrogens (tertiary/aromatic N) is 1. The van der Waals surface area contributed by atoms with Crippen molar-refractivity contribution in [3.8, 4) is 0 Å². The van der Waals surface area contributed by atoms with Crippen molar-refractivity contribution in [2.45, 2.75) is 39.3 Å². The Hall–Kier alpha value is -1.33. The largest absolute Gasteiger partial charge is 0.467 e. The van der Waals surface area contributed by atoms with Crippen LogP contribution in [0.15, 0.2) is 16.7 Å². The number of esters is 1. The van der Waals surface area contributed by atoms with Crippen molar-refractivity contribution in [3.63, 3.8) is 0 Å². The first-order valence-corrected chi connectivity index (χ1v) is 7.37. The molecule has 2 N–H and O–H groups in total. The Morgan fingerprint density at radius 3 is 3.05 bits per heavy atom. The Balaban J connectivity index is 2.00. The van der Waals surface area contributed by atoms with Gasteiger partial charge in [-0.25, -0.2) is 4.79 Å². The molecule has 1 aliphatic heterocycles. The van der Waals surface area contributed by atoms with E-state index in [2.05, 4.69) is 11.8 Å². The maximum absolute atomic E-state index is 11.8. The summed E-state index contributed by atoms with van der Waals surface area (Å²) < 4.78 is 10.5. The van der Waals surface area contributed by atoms with Crippen LogP contribution in [-0.2, 0) is 11.3 Å². The van der Waals surface area contributed by atoms with Gasteiger partial charge in [-0.1, -0.05) is 13.3 Å². The van der Waals surface area contributed by atoms with Gasteiger partial charge in [-0.05, 0) is 25.3 Å². The van der Waals surface area contributed by atoms with Crippen LogP contribution in [0.1, 0.15) is 42.8 Å². The first-order valence-electron chi connectivity index (χ1n) is 7.37.